The molecular weight excluding hydrogens is 238 g/mol. The predicted octanol–water partition coefficient (Wildman–Crippen LogP) is 3.72. The van der Waals surface area contributed by atoms with E-state index in [9.17, 15) is 0 Å². The lowest BCUT2D eigenvalue weighted by Gasteiger charge is -2.21. The van der Waals surface area contributed by atoms with Crippen molar-refractivity contribution < 1.29 is 9.47 Å². The van der Waals surface area contributed by atoms with Gasteiger partial charge in [-0.15, -0.1) is 0 Å². The second-order valence-corrected chi connectivity index (χ2v) is 5.13. The van der Waals surface area contributed by atoms with Gasteiger partial charge in [0.2, 0.25) is 0 Å². The molecule has 0 bridgehead atoms. The van der Waals surface area contributed by atoms with Gasteiger partial charge in [-0.25, -0.2) is 0 Å². The van der Waals surface area contributed by atoms with E-state index in [1.165, 1.54) is 58.2 Å². The van der Waals surface area contributed by atoms with Crippen LogP contribution >= 0.6 is 0 Å². The zero-order valence-corrected chi connectivity index (χ0v) is 13.5. The van der Waals surface area contributed by atoms with E-state index in [4.69, 9.17) is 9.47 Å². The van der Waals surface area contributed by atoms with E-state index in [-0.39, 0.29) is 0 Å². The van der Waals surface area contributed by atoms with Gasteiger partial charge in [0, 0.05) is 0 Å². The van der Waals surface area contributed by atoms with Crippen LogP contribution in [0, 0.1) is 0 Å². The van der Waals surface area contributed by atoms with Crippen LogP contribution in [0.15, 0.2) is 0 Å². The zero-order valence-electron chi connectivity index (χ0n) is 13.5. The van der Waals surface area contributed by atoms with Crippen LogP contribution in [0.5, 0.6) is 0 Å². The number of ether oxygens (including phenoxy) is 2. The average Bonchev–Trinajstić information content (AvgIpc) is 2.49. The summed E-state index contributed by atoms with van der Waals surface area (Å²) < 4.78 is 9.89. The molecule has 0 spiro atoms. The summed E-state index contributed by atoms with van der Waals surface area (Å²) in [6, 6.07) is 0. The van der Waals surface area contributed by atoms with Crippen LogP contribution in [0.3, 0.4) is 0 Å². The van der Waals surface area contributed by atoms with E-state index < -0.39 is 0 Å². The molecule has 3 nitrogen and oxygen atoms in total. The Morgan fingerprint density at radius 1 is 0.632 bits per heavy atom. The number of unbranched alkanes of at least 4 members (excludes halogenated alkanes) is 3. The van der Waals surface area contributed by atoms with Gasteiger partial charge in [-0.3, -0.25) is 0 Å². The minimum absolute atomic E-state index is 0.778. The summed E-state index contributed by atoms with van der Waals surface area (Å²) in [5.74, 6) is 0. The molecule has 1 aliphatic heterocycles. The third-order valence-corrected chi connectivity index (χ3v) is 3.23. The largest absolute Gasteiger partial charge is 0.377 e. The Bertz CT molecular complexity index is 130. The number of hydrogen-bond donors (Lipinski definition) is 0. The molecule has 0 aromatic heterocycles. The molecule has 0 N–H and O–H groups in total. The van der Waals surface area contributed by atoms with Gasteiger partial charge in [0.1, 0.15) is 0 Å². The lowest BCUT2D eigenvalue weighted by Crippen LogP contribution is -2.27. The molecular formula is C16H35NO2. The van der Waals surface area contributed by atoms with E-state index in [1.807, 2.05) is 0 Å². The molecule has 1 fully saturated rings. The van der Waals surface area contributed by atoms with Crippen LogP contribution in [0.4, 0.5) is 0 Å². The van der Waals surface area contributed by atoms with Crippen molar-refractivity contribution in [3.63, 3.8) is 0 Å². The molecule has 0 amide bonds. The Morgan fingerprint density at radius 2 is 0.947 bits per heavy atom. The molecule has 0 aromatic rings. The highest BCUT2D eigenvalue weighted by Crippen LogP contribution is 2.01. The number of rotatable bonds is 9. The third-order valence-electron chi connectivity index (χ3n) is 3.23. The predicted molar refractivity (Wildman–Crippen MR) is 82.8 cm³/mol. The minimum atomic E-state index is 0.778. The van der Waals surface area contributed by atoms with Gasteiger partial charge < -0.3 is 14.4 Å². The molecule has 1 saturated heterocycles. The maximum atomic E-state index is 4.94. The normalized spacial score (nSPS) is 15.2. The summed E-state index contributed by atoms with van der Waals surface area (Å²) in [6.07, 6.45) is 8.09. The number of nitrogens with zero attached hydrogens (tertiary/aromatic N) is 1. The molecule has 0 aromatic carbocycles. The molecule has 0 radical (unpaired) electrons. The fraction of sp³-hybridized carbons (Fsp3) is 1.00. The van der Waals surface area contributed by atoms with E-state index in [0.29, 0.717) is 0 Å². The van der Waals surface area contributed by atoms with Gasteiger partial charge in [-0.1, -0.05) is 40.0 Å². The molecule has 3 heteroatoms. The third kappa shape index (κ3) is 14.1. The Morgan fingerprint density at radius 3 is 1.16 bits per heavy atom. The highest BCUT2D eigenvalue weighted by Gasteiger charge is 2.01. The highest BCUT2D eigenvalue weighted by molar-refractivity contribution is 4.57. The fourth-order valence-electron chi connectivity index (χ4n) is 1.92. The smallest absolute Gasteiger partial charge is 0.0701 e. The highest BCUT2D eigenvalue weighted by atomic mass is 16.6. The molecule has 1 rings (SSSR count). The van der Waals surface area contributed by atoms with Crippen LogP contribution in [0.1, 0.15) is 59.3 Å². The summed E-state index contributed by atoms with van der Waals surface area (Å²) in [5, 5.41) is 0. The van der Waals surface area contributed by atoms with Gasteiger partial charge in [0.25, 0.3) is 0 Å². The lowest BCUT2D eigenvalue weighted by molar-refractivity contribution is -0.0334. The standard InChI is InChI=1S/C12H27N.C4H8O2/c1-4-7-10-13(11-8-5-2)12-9-6-3;1-2-6-4-3-5-1/h4-12H2,1-3H3;1-4H2. The Labute approximate surface area is 120 Å². The lowest BCUT2D eigenvalue weighted by atomic mass is 10.2. The van der Waals surface area contributed by atoms with Crippen molar-refractivity contribution in [1.29, 1.82) is 0 Å². The topological polar surface area (TPSA) is 21.7 Å². The fourth-order valence-corrected chi connectivity index (χ4v) is 1.92. The monoisotopic (exact) mass is 273 g/mol. The van der Waals surface area contributed by atoms with Crippen molar-refractivity contribution >= 4 is 0 Å². The Kier molecular flexibility index (Phi) is 15.8. The van der Waals surface area contributed by atoms with Crippen molar-refractivity contribution in [1.82, 2.24) is 4.90 Å². The van der Waals surface area contributed by atoms with Crippen molar-refractivity contribution in [3.8, 4) is 0 Å². The summed E-state index contributed by atoms with van der Waals surface area (Å²) in [7, 11) is 0. The molecule has 0 unspecified atom stereocenters. The van der Waals surface area contributed by atoms with Crippen molar-refractivity contribution in [2.75, 3.05) is 46.1 Å². The van der Waals surface area contributed by atoms with E-state index >= 15 is 0 Å². The van der Waals surface area contributed by atoms with Crippen LogP contribution < -0.4 is 0 Å². The first-order valence-electron chi connectivity index (χ1n) is 8.22. The summed E-state index contributed by atoms with van der Waals surface area (Å²) in [4.78, 5) is 2.64. The van der Waals surface area contributed by atoms with Gasteiger partial charge >= 0.3 is 0 Å². The molecule has 0 saturated carbocycles. The van der Waals surface area contributed by atoms with Crippen LogP contribution in [0.25, 0.3) is 0 Å². The molecule has 0 atom stereocenters. The summed E-state index contributed by atoms with van der Waals surface area (Å²) in [5.41, 5.74) is 0. The SMILES string of the molecule is C1COCCO1.CCCCN(CCCC)CCCC. The van der Waals surface area contributed by atoms with Gasteiger partial charge in [0.15, 0.2) is 0 Å². The first-order chi connectivity index (χ1) is 9.35. The molecule has 116 valence electrons. The van der Waals surface area contributed by atoms with E-state index in [2.05, 4.69) is 25.7 Å². The summed E-state index contributed by atoms with van der Waals surface area (Å²) in [6.45, 7) is 13.9. The second kappa shape index (κ2) is 15.9. The first kappa shape index (κ1) is 18.9. The zero-order chi connectivity index (χ0) is 14.2. The molecule has 19 heavy (non-hydrogen) atoms. The van der Waals surface area contributed by atoms with Gasteiger partial charge in [-0.05, 0) is 38.9 Å². The van der Waals surface area contributed by atoms with E-state index in [0.717, 1.165) is 26.4 Å². The van der Waals surface area contributed by atoms with Crippen molar-refractivity contribution in [2.45, 2.75) is 59.3 Å². The Balaban J connectivity index is 0.000000443. The Hall–Kier alpha value is -0.120. The molecule has 1 aliphatic rings. The van der Waals surface area contributed by atoms with Gasteiger partial charge in [0.05, 0.1) is 26.4 Å². The quantitative estimate of drug-likeness (QED) is 0.639. The molecule has 1 heterocycles. The second-order valence-electron chi connectivity index (χ2n) is 5.13. The van der Waals surface area contributed by atoms with E-state index in [1.54, 1.807) is 0 Å². The van der Waals surface area contributed by atoms with Crippen LogP contribution in [-0.4, -0.2) is 51.0 Å². The molecule has 0 aliphatic carbocycles. The summed E-state index contributed by atoms with van der Waals surface area (Å²) >= 11 is 0. The van der Waals surface area contributed by atoms with Crippen LogP contribution in [-0.2, 0) is 9.47 Å². The maximum Gasteiger partial charge on any atom is 0.0701 e. The minimum Gasteiger partial charge on any atom is -0.377 e. The van der Waals surface area contributed by atoms with Gasteiger partial charge in [-0.2, -0.15) is 0 Å². The van der Waals surface area contributed by atoms with Crippen LogP contribution in [0.2, 0.25) is 0 Å². The average molecular weight is 273 g/mol. The van der Waals surface area contributed by atoms with Crippen molar-refractivity contribution in [2.24, 2.45) is 0 Å². The first-order valence-corrected chi connectivity index (χ1v) is 8.22. The van der Waals surface area contributed by atoms with Crippen molar-refractivity contribution in [3.05, 3.63) is 0 Å². The maximum absolute atomic E-state index is 4.94. The number of hydrogen-bond acceptors (Lipinski definition) is 3.